The van der Waals surface area contributed by atoms with Crippen LogP contribution in [0.15, 0.2) is 30.3 Å². The van der Waals surface area contributed by atoms with E-state index in [2.05, 4.69) is 21.2 Å². The summed E-state index contributed by atoms with van der Waals surface area (Å²) in [7, 11) is 6.06. The Morgan fingerprint density at radius 3 is 2.00 bits per heavy atom. The number of nitrogens with one attached hydrogen (secondary N) is 1. The van der Waals surface area contributed by atoms with Crippen molar-refractivity contribution in [3.05, 3.63) is 41.5 Å². The molecular weight excluding hydrogens is 442 g/mol. The van der Waals surface area contributed by atoms with E-state index in [1.165, 1.54) is 28.4 Å². The molecule has 0 aliphatic heterocycles. The summed E-state index contributed by atoms with van der Waals surface area (Å²) >= 11 is 3.22. The molecule has 2 aromatic rings. The van der Waals surface area contributed by atoms with Crippen LogP contribution in [0.4, 0.5) is 5.69 Å². The van der Waals surface area contributed by atoms with Crippen LogP contribution in [0.1, 0.15) is 22.8 Å². The van der Waals surface area contributed by atoms with Gasteiger partial charge in [0.2, 0.25) is 11.7 Å². The number of benzene rings is 2. The van der Waals surface area contributed by atoms with Gasteiger partial charge in [-0.15, -0.1) is 0 Å². The highest BCUT2D eigenvalue weighted by Crippen LogP contribution is 2.38. The minimum atomic E-state index is -0.384. The number of carbonyl (C=O) groups excluding carboxylic acids is 2. The second-order valence-electron chi connectivity index (χ2n) is 6.15. The third kappa shape index (κ3) is 5.41. The first-order valence-electron chi connectivity index (χ1n) is 8.79. The summed E-state index contributed by atoms with van der Waals surface area (Å²) in [4.78, 5) is 24.5. The predicted octanol–water partition coefficient (Wildman–Crippen LogP) is 3.87. The first-order valence-corrected chi connectivity index (χ1v) is 9.71. The van der Waals surface area contributed by atoms with Crippen LogP contribution in [-0.4, -0.2) is 45.0 Å². The third-order valence-electron chi connectivity index (χ3n) is 4.23. The van der Waals surface area contributed by atoms with Crippen molar-refractivity contribution in [1.82, 2.24) is 0 Å². The van der Waals surface area contributed by atoms with Gasteiger partial charge in [-0.2, -0.15) is 0 Å². The maximum absolute atomic E-state index is 12.9. The number of methoxy groups -OCH3 is 4. The van der Waals surface area contributed by atoms with Gasteiger partial charge >= 0.3 is 0 Å². The molecule has 1 atom stereocenters. The zero-order valence-electron chi connectivity index (χ0n) is 17.0. The molecule has 0 aromatic heterocycles. The normalized spacial score (nSPS) is 11.4. The first-order chi connectivity index (χ1) is 13.8. The maximum atomic E-state index is 12.9. The van der Waals surface area contributed by atoms with E-state index in [-0.39, 0.29) is 22.9 Å². The second-order valence-corrected chi connectivity index (χ2v) is 7.53. The standard InChI is InChI=1S/C21H24BrNO6/c1-12(22)21(25)23-15-11-14(6-7-17(15)26-2)16(24)8-13-9-18(27-3)20(29-5)19(10-13)28-4/h6-7,9-12H,8H2,1-5H3,(H,23,25). The molecule has 0 aliphatic rings. The molecule has 0 aliphatic carbocycles. The van der Waals surface area contributed by atoms with Gasteiger partial charge in [-0.3, -0.25) is 9.59 Å². The summed E-state index contributed by atoms with van der Waals surface area (Å²) in [5.74, 6) is 1.51. The van der Waals surface area contributed by atoms with E-state index in [1.54, 1.807) is 37.3 Å². The fourth-order valence-electron chi connectivity index (χ4n) is 2.74. The molecule has 8 heteroatoms. The van der Waals surface area contributed by atoms with Gasteiger partial charge in [0.15, 0.2) is 17.3 Å². The van der Waals surface area contributed by atoms with Crippen molar-refractivity contribution in [2.75, 3.05) is 33.8 Å². The number of rotatable bonds is 9. The Morgan fingerprint density at radius 2 is 1.52 bits per heavy atom. The van der Waals surface area contributed by atoms with Crippen LogP contribution >= 0.6 is 15.9 Å². The Balaban J connectivity index is 2.32. The number of ketones is 1. The zero-order valence-corrected chi connectivity index (χ0v) is 18.6. The molecule has 1 amide bonds. The molecule has 156 valence electrons. The summed E-state index contributed by atoms with van der Waals surface area (Å²) in [5.41, 5.74) is 1.58. The Hall–Kier alpha value is -2.74. The summed E-state index contributed by atoms with van der Waals surface area (Å²) in [5, 5.41) is 2.75. The molecule has 0 fully saturated rings. The lowest BCUT2D eigenvalue weighted by molar-refractivity contribution is -0.115. The summed E-state index contributed by atoms with van der Waals surface area (Å²) in [6.07, 6.45) is 0.116. The van der Waals surface area contributed by atoms with Crippen LogP contribution in [0.2, 0.25) is 0 Å². The topological polar surface area (TPSA) is 83.1 Å². The van der Waals surface area contributed by atoms with Crippen molar-refractivity contribution < 1.29 is 28.5 Å². The van der Waals surface area contributed by atoms with Crippen molar-refractivity contribution in [3.8, 4) is 23.0 Å². The number of anilines is 1. The Labute approximate surface area is 178 Å². The molecular formula is C21H24BrNO6. The molecule has 0 spiro atoms. The van der Waals surface area contributed by atoms with Gasteiger partial charge in [-0.05, 0) is 42.8 Å². The molecule has 0 bridgehead atoms. The molecule has 2 rings (SSSR count). The van der Waals surface area contributed by atoms with Crippen molar-refractivity contribution in [2.45, 2.75) is 18.2 Å². The van der Waals surface area contributed by atoms with Crippen molar-refractivity contribution >= 4 is 33.3 Å². The molecule has 0 heterocycles. The van der Waals surface area contributed by atoms with Gasteiger partial charge < -0.3 is 24.3 Å². The lowest BCUT2D eigenvalue weighted by Gasteiger charge is -2.15. The van der Waals surface area contributed by atoms with Crippen molar-refractivity contribution in [3.63, 3.8) is 0 Å². The van der Waals surface area contributed by atoms with Crippen LogP contribution in [0, 0.1) is 0 Å². The van der Waals surface area contributed by atoms with Crippen LogP contribution < -0.4 is 24.3 Å². The Morgan fingerprint density at radius 1 is 0.931 bits per heavy atom. The SMILES string of the molecule is COc1ccc(C(=O)Cc2cc(OC)c(OC)c(OC)c2)cc1NC(=O)C(C)Br. The van der Waals surface area contributed by atoms with Gasteiger partial charge in [0.05, 0.1) is 39.0 Å². The largest absolute Gasteiger partial charge is 0.495 e. The number of hydrogen-bond acceptors (Lipinski definition) is 6. The van der Waals surface area contributed by atoms with E-state index in [0.29, 0.717) is 39.8 Å². The molecule has 1 N–H and O–H groups in total. The third-order valence-corrected chi connectivity index (χ3v) is 4.65. The molecule has 7 nitrogen and oxygen atoms in total. The second kappa shape index (κ2) is 10.2. The van der Waals surface area contributed by atoms with Gasteiger partial charge in [0.25, 0.3) is 0 Å². The minimum Gasteiger partial charge on any atom is -0.495 e. The van der Waals surface area contributed by atoms with E-state index >= 15 is 0 Å². The Kier molecular flexibility index (Phi) is 7.90. The average Bonchev–Trinajstić information content (AvgIpc) is 2.72. The van der Waals surface area contributed by atoms with Crippen LogP contribution in [-0.2, 0) is 11.2 Å². The summed E-state index contributed by atoms with van der Waals surface area (Å²) < 4.78 is 21.3. The fourth-order valence-corrected chi connectivity index (χ4v) is 2.85. The molecule has 2 aromatic carbocycles. The number of halogens is 1. The number of amides is 1. The molecule has 29 heavy (non-hydrogen) atoms. The lowest BCUT2D eigenvalue weighted by Crippen LogP contribution is -2.20. The highest BCUT2D eigenvalue weighted by molar-refractivity contribution is 9.10. The molecule has 0 saturated heterocycles. The number of alkyl halides is 1. The quantitative estimate of drug-likeness (QED) is 0.447. The van der Waals surface area contributed by atoms with Gasteiger partial charge in [-0.25, -0.2) is 0 Å². The number of ether oxygens (including phenoxy) is 4. The van der Waals surface area contributed by atoms with Crippen LogP contribution in [0.25, 0.3) is 0 Å². The van der Waals surface area contributed by atoms with E-state index in [9.17, 15) is 9.59 Å². The van der Waals surface area contributed by atoms with Crippen LogP contribution in [0.3, 0.4) is 0 Å². The molecule has 0 radical (unpaired) electrons. The van der Waals surface area contributed by atoms with E-state index < -0.39 is 0 Å². The van der Waals surface area contributed by atoms with Gasteiger partial charge in [0.1, 0.15) is 5.75 Å². The highest BCUT2D eigenvalue weighted by atomic mass is 79.9. The average molecular weight is 466 g/mol. The maximum Gasteiger partial charge on any atom is 0.237 e. The van der Waals surface area contributed by atoms with E-state index in [0.717, 1.165) is 0 Å². The number of Topliss-reactive ketones (excluding diaryl/α,β-unsaturated/α-hetero) is 1. The van der Waals surface area contributed by atoms with E-state index in [4.69, 9.17) is 18.9 Å². The molecule has 1 unspecified atom stereocenters. The molecule has 0 saturated carbocycles. The van der Waals surface area contributed by atoms with Crippen LogP contribution in [0.5, 0.6) is 23.0 Å². The predicted molar refractivity (Wildman–Crippen MR) is 114 cm³/mol. The minimum absolute atomic E-state index is 0.116. The highest BCUT2D eigenvalue weighted by Gasteiger charge is 2.18. The van der Waals surface area contributed by atoms with E-state index in [1.807, 2.05) is 0 Å². The monoisotopic (exact) mass is 465 g/mol. The summed E-state index contributed by atoms with van der Waals surface area (Å²) in [6.45, 7) is 1.71. The van der Waals surface area contributed by atoms with Gasteiger partial charge in [-0.1, -0.05) is 15.9 Å². The lowest BCUT2D eigenvalue weighted by atomic mass is 10.0. The summed E-state index contributed by atoms with van der Waals surface area (Å²) in [6, 6.07) is 8.38. The number of carbonyl (C=O) groups is 2. The first kappa shape index (κ1) is 22.5. The zero-order chi connectivity index (χ0) is 21.6. The van der Waals surface area contributed by atoms with Crippen molar-refractivity contribution in [1.29, 1.82) is 0 Å². The Bertz CT molecular complexity index is 872. The number of hydrogen-bond donors (Lipinski definition) is 1. The van der Waals surface area contributed by atoms with Gasteiger partial charge in [0, 0.05) is 12.0 Å². The fraction of sp³-hybridized carbons (Fsp3) is 0.333. The van der Waals surface area contributed by atoms with Crippen molar-refractivity contribution in [2.24, 2.45) is 0 Å². The smallest absolute Gasteiger partial charge is 0.237 e.